The van der Waals surface area contributed by atoms with Crippen LogP contribution in [0.2, 0.25) is 0 Å². The minimum atomic E-state index is -1.02. The molecule has 1 heterocycles. The van der Waals surface area contributed by atoms with Crippen LogP contribution in [0.3, 0.4) is 0 Å². The summed E-state index contributed by atoms with van der Waals surface area (Å²) in [5.74, 6) is -0.387. The van der Waals surface area contributed by atoms with E-state index in [9.17, 15) is 4.79 Å². The van der Waals surface area contributed by atoms with Gasteiger partial charge >= 0.3 is 5.97 Å². The number of carboxylic acid groups (broad SMARTS) is 1. The standard InChI is InChI=1S/C14H24N2O3/c1-4-15(5-2)10-7-11-16(6-3)13-9-8-12(19-13)14(17)18/h8-9H,4-7,10-11H2,1-3H3,(H,17,18). The topological polar surface area (TPSA) is 56.9 Å². The van der Waals surface area contributed by atoms with E-state index in [1.807, 2.05) is 6.92 Å². The molecular formula is C14H24N2O3. The van der Waals surface area contributed by atoms with Gasteiger partial charge in [0.2, 0.25) is 5.76 Å². The number of carboxylic acids is 1. The lowest BCUT2D eigenvalue weighted by Crippen LogP contribution is -2.29. The first kappa shape index (κ1) is 15.6. The van der Waals surface area contributed by atoms with Crippen LogP contribution < -0.4 is 4.90 Å². The average molecular weight is 268 g/mol. The molecule has 0 saturated carbocycles. The van der Waals surface area contributed by atoms with Gasteiger partial charge in [-0.15, -0.1) is 0 Å². The van der Waals surface area contributed by atoms with Gasteiger partial charge in [0.05, 0.1) is 0 Å². The SMILES string of the molecule is CCN(CC)CCCN(CC)c1ccc(C(=O)O)o1. The fourth-order valence-corrected chi connectivity index (χ4v) is 2.06. The van der Waals surface area contributed by atoms with E-state index in [1.165, 1.54) is 6.07 Å². The van der Waals surface area contributed by atoms with Gasteiger partial charge in [0.25, 0.3) is 0 Å². The first-order valence-electron chi connectivity index (χ1n) is 6.92. The predicted molar refractivity (Wildman–Crippen MR) is 76.0 cm³/mol. The zero-order valence-electron chi connectivity index (χ0n) is 12.1. The molecule has 1 aromatic rings. The highest BCUT2D eigenvalue weighted by Gasteiger charge is 2.13. The van der Waals surface area contributed by atoms with Crippen molar-refractivity contribution in [2.75, 3.05) is 37.6 Å². The van der Waals surface area contributed by atoms with Crippen LogP contribution in [-0.2, 0) is 0 Å². The number of furan rings is 1. The zero-order chi connectivity index (χ0) is 14.3. The molecule has 1 N–H and O–H groups in total. The summed E-state index contributed by atoms with van der Waals surface area (Å²) in [6, 6.07) is 3.23. The van der Waals surface area contributed by atoms with Gasteiger partial charge in [-0.2, -0.15) is 0 Å². The molecule has 0 unspecified atom stereocenters. The third-order valence-electron chi connectivity index (χ3n) is 3.29. The number of hydrogen-bond acceptors (Lipinski definition) is 4. The Morgan fingerprint density at radius 1 is 1.16 bits per heavy atom. The van der Waals surface area contributed by atoms with Crippen LogP contribution in [0.5, 0.6) is 0 Å². The van der Waals surface area contributed by atoms with Gasteiger partial charge in [-0.3, -0.25) is 0 Å². The Morgan fingerprint density at radius 3 is 2.32 bits per heavy atom. The average Bonchev–Trinajstić information content (AvgIpc) is 2.89. The minimum absolute atomic E-state index is 0.00260. The highest BCUT2D eigenvalue weighted by atomic mass is 16.4. The number of nitrogens with zero attached hydrogens (tertiary/aromatic N) is 2. The molecule has 0 saturated heterocycles. The van der Waals surface area contributed by atoms with E-state index in [0.717, 1.165) is 39.1 Å². The smallest absolute Gasteiger partial charge is 0.371 e. The Kier molecular flexibility index (Phi) is 6.42. The largest absolute Gasteiger partial charge is 0.475 e. The monoisotopic (exact) mass is 268 g/mol. The van der Waals surface area contributed by atoms with Crippen molar-refractivity contribution in [2.24, 2.45) is 0 Å². The highest BCUT2D eigenvalue weighted by molar-refractivity contribution is 5.84. The molecule has 0 fully saturated rings. The summed E-state index contributed by atoms with van der Waals surface area (Å²) in [7, 11) is 0. The van der Waals surface area contributed by atoms with Crippen LogP contribution in [0.25, 0.3) is 0 Å². The van der Waals surface area contributed by atoms with E-state index in [4.69, 9.17) is 9.52 Å². The highest BCUT2D eigenvalue weighted by Crippen LogP contribution is 2.18. The van der Waals surface area contributed by atoms with Gasteiger partial charge in [-0.1, -0.05) is 13.8 Å². The van der Waals surface area contributed by atoms with Crippen molar-refractivity contribution in [1.29, 1.82) is 0 Å². The predicted octanol–water partition coefficient (Wildman–Crippen LogP) is 2.54. The second kappa shape index (κ2) is 7.84. The number of rotatable bonds is 9. The molecule has 0 aliphatic rings. The number of aromatic carboxylic acids is 1. The Labute approximate surface area is 114 Å². The first-order valence-corrected chi connectivity index (χ1v) is 6.92. The van der Waals surface area contributed by atoms with Gasteiger partial charge in [0.15, 0.2) is 5.88 Å². The third kappa shape index (κ3) is 4.59. The summed E-state index contributed by atoms with van der Waals surface area (Å²) in [6.45, 7) is 11.2. The normalized spacial score (nSPS) is 10.9. The van der Waals surface area contributed by atoms with E-state index >= 15 is 0 Å². The molecule has 0 aliphatic heterocycles. The summed E-state index contributed by atoms with van der Waals surface area (Å²) < 4.78 is 5.32. The number of carbonyl (C=O) groups is 1. The van der Waals surface area contributed by atoms with E-state index in [0.29, 0.717) is 5.88 Å². The molecule has 0 amide bonds. The van der Waals surface area contributed by atoms with Crippen LogP contribution in [0.4, 0.5) is 5.88 Å². The van der Waals surface area contributed by atoms with Gasteiger partial charge in [-0.25, -0.2) is 4.79 Å². The van der Waals surface area contributed by atoms with E-state index in [1.54, 1.807) is 6.07 Å². The molecule has 108 valence electrons. The molecular weight excluding hydrogens is 244 g/mol. The third-order valence-corrected chi connectivity index (χ3v) is 3.29. The summed E-state index contributed by atoms with van der Waals surface area (Å²) in [6.07, 6.45) is 1.04. The second-order valence-corrected chi connectivity index (χ2v) is 4.40. The van der Waals surface area contributed by atoms with Gasteiger partial charge < -0.3 is 19.3 Å². The Hall–Kier alpha value is -1.49. The first-order chi connectivity index (χ1) is 9.12. The molecule has 0 atom stereocenters. The summed E-state index contributed by atoms with van der Waals surface area (Å²) in [5, 5.41) is 8.85. The summed E-state index contributed by atoms with van der Waals surface area (Å²) >= 11 is 0. The van der Waals surface area contributed by atoms with Crippen molar-refractivity contribution in [2.45, 2.75) is 27.2 Å². The van der Waals surface area contributed by atoms with Crippen LogP contribution in [0, 0.1) is 0 Å². The van der Waals surface area contributed by atoms with Crippen molar-refractivity contribution in [3.8, 4) is 0 Å². The molecule has 0 aromatic carbocycles. The molecule has 1 rings (SSSR count). The van der Waals surface area contributed by atoms with E-state index in [-0.39, 0.29) is 5.76 Å². The maximum absolute atomic E-state index is 10.8. The molecule has 0 radical (unpaired) electrons. The molecule has 0 aliphatic carbocycles. The maximum Gasteiger partial charge on any atom is 0.371 e. The number of anilines is 1. The van der Waals surface area contributed by atoms with Crippen LogP contribution in [-0.4, -0.2) is 48.7 Å². The molecule has 19 heavy (non-hydrogen) atoms. The zero-order valence-corrected chi connectivity index (χ0v) is 12.1. The van der Waals surface area contributed by atoms with Crippen LogP contribution in [0.15, 0.2) is 16.5 Å². The Morgan fingerprint density at radius 2 is 1.84 bits per heavy atom. The van der Waals surface area contributed by atoms with Crippen molar-refractivity contribution in [3.63, 3.8) is 0 Å². The van der Waals surface area contributed by atoms with Crippen molar-refractivity contribution in [1.82, 2.24) is 4.90 Å². The van der Waals surface area contributed by atoms with E-state index < -0.39 is 5.97 Å². The molecule has 5 nitrogen and oxygen atoms in total. The fraction of sp³-hybridized carbons (Fsp3) is 0.643. The molecule has 0 bridgehead atoms. The van der Waals surface area contributed by atoms with Gasteiger partial charge in [-0.05, 0) is 39.0 Å². The lowest BCUT2D eigenvalue weighted by Gasteiger charge is -2.23. The van der Waals surface area contributed by atoms with Crippen molar-refractivity contribution < 1.29 is 14.3 Å². The molecule has 5 heteroatoms. The van der Waals surface area contributed by atoms with E-state index in [2.05, 4.69) is 23.6 Å². The second-order valence-electron chi connectivity index (χ2n) is 4.40. The number of hydrogen-bond donors (Lipinski definition) is 1. The lowest BCUT2D eigenvalue weighted by molar-refractivity contribution is 0.0663. The van der Waals surface area contributed by atoms with Crippen LogP contribution >= 0.6 is 0 Å². The Bertz CT molecular complexity index is 386. The lowest BCUT2D eigenvalue weighted by atomic mass is 10.3. The van der Waals surface area contributed by atoms with Gasteiger partial charge in [0, 0.05) is 19.2 Å². The summed E-state index contributed by atoms with van der Waals surface area (Å²) in [5.41, 5.74) is 0. The maximum atomic E-state index is 10.8. The van der Waals surface area contributed by atoms with Crippen molar-refractivity contribution >= 4 is 11.9 Å². The quantitative estimate of drug-likeness (QED) is 0.746. The van der Waals surface area contributed by atoms with Crippen LogP contribution in [0.1, 0.15) is 37.7 Å². The Balaban J connectivity index is 2.50. The van der Waals surface area contributed by atoms with Gasteiger partial charge in [0.1, 0.15) is 0 Å². The summed E-state index contributed by atoms with van der Waals surface area (Å²) in [4.78, 5) is 15.2. The fourth-order valence-electron chi connectivity index (χ4n) is 2.06. The molecule has 0 spiro atoms. The minimum Gasteiger partial charge on any atom is -0.475 e. The van der Waals surface area contributed by atoms with Crippen molar-refractivity contribution in [3.05, 3.63) is 17.9 Å². The molecule has 1 aromatic heterocycles.